The van der Waals surface area contributed by atoms with Gasteiger partial charge in [-0.05, 0) is 113 Å². The molecule has 5 rings (SSSR count). The molecule has 1 aliphatic rings. The van der Waals surface area contributed by atoms with Crippen molar-refractivity contribution in [3.63, 3.8) is 0 Å². The monoisotopic (exact) mass is 414 g/mol. The van der Waals surface area contributed by atoms with Crippen LogP contribution in [0.4, 0.5) is 0 Å². The van der Waals surface area contributed by atoms with Crippen LogP contribution in [0, 0.1) is 33.6 Å². The number of nitrogens with zero attached hydrogens (tertiary/aromatic N) is 2. The highest BCUT2D eigenvalue weighted by Gasteiger charge is 2.16. The van der Waals surface area contributed by atoms with Crippen LogP contribution < -0.4 is 5.32 Å². The summed E-state index contributed by atoms with van der Waals surface area (Å²) in [6.07, 6.45) is 5.28. The molecule has 2 aromatic carbocycles. The molecule has 0 radical (unpaired) electrons. The quantitative estimate of drug-likeness (QED) is 0.408. The van der Waals surface area contributed by atoms with Crippen molar-refractivity contribution in [1.82, 2.24) is 19.9 Å². The third-order valence-electron chi connectivity index (χ3n) is 7.29. The molecule has 0 saturated carbocycles. The zero-order valence-corrected chi connectivity index (χ0v) is 19.3. The Morgan fingerprint density at radius 1 is 1.03 bits per heavy atom. The van der Waals surface area contributed by atoms with Gasteiger partial charge < -0.3 is 14.9 Å². The van der Waals surface area contributed by atoms with Gasteiger partial charge in [-0.3, -0.25) is 0 Å². The van der Waals surface area contributed by atoms with Gasteiger partial charge in [-0.15, -0.1) is 0 Å². The Bertz CT molecular complexity index is 1240. The van der Waals surface area contributed by atoms with Crippen molar-refractivity contribution in [3.05, 3.63) is 52.7 Å². The van der Waals surface area contributed by atoms with E-state index in [1.807, 2.05) is 0 Å². The molecule has 4 heteroatoms. The molecule has 1 saturated heterocycles. The van der Waals surface area contributed by atoms with E-state index < -0.39 is 0 Å². The molecular weight excluding hydrogens is 380 g/mol. The van der Waals surface area contributed by atoms with Crippen molar-refractivity contribution >= 4 is 21.9 Å². The molecule has 0 atom stereocenters. The van der Waals surface area contributed by atoms with E-state index >= 15 is 0 Å². The summed E-state index contributed by atoms with van der Waals surface area (Å²) in [6, 6.07) is 11.2. The SMILES string of the molecule is Cc1cc(C)c2nc(-c3ccc4c(c3)c(C)c(C)n4CCCC3CCNCC3)[nH]c2c1. The molecule has 0 bridgehead atoms. The highest BCUT2D eigenvalue weighted by molar-refractivity contribution is 5.90. The lowest BCUT2D eigenvalue weighted by molar-refractivity contribution is 0.340. The number of fused-ring (bicyclic) bond motifs is 2. The van der Waals surface area contributed by atoms with Gasteiger partial charge in [0.15, 0.2) is 0 Å². The average molecular weight is 415 g/mol. The van der Waals surface area contributed by atoms with E-state index in [1.54, 1.807) is 0 Å². The largest absolute Gasteiger partial charge is 0.345 e. The summed E-state index contributed by atoms with van der Waals surface area (Å²) in [5.41, 5.74) is 9.99. The van der Waals surface area contributed by atoms with E-state index in [-0.39, 0.29) is 0 Å². The number of H-pyrrole nitrogens is 1. The fraction of sp³-hybridized carbons (Fsp3) is 0.444. The van der Waals surface area contributed by atoms with E-state index in [0.717, 1.165) is 34.9 Å². The van der Waals surface area contributed by atoms with Gasteiger partial charge in [-0.2, -0.15) is 0 Å². The normalized spacial score (nSPS) is 15.4. The Morgan fingerprint density at radius 3 is 2.65 bits per heavy atom. The van der Waals surface area contributed by atoms with Crippen LogP contribution in [0.3, 0.4) is 0 Å². The number of aromatic amines is 1. The number of nitrogens with one attached hydrogen (secondary N) is 2. The number of aromatic nitrogens is 3. The molecule has 4 aromatic rings. The number of aryl methyl sites for hydroxylation is 4. The summed E-state index contributed by atoms with van der Waals surface area (Å²) in [5.74, 6) is 1.86. The molecule has 1 aliphatic heterocycles. The third kappa shape index (κ3) is 3.78. The maximum atomic E-state index is 4.92. The molecule has 3 heterocycles. The second-order valence-electron chi connectivity index (χ2n) is 9.49. The molecule has 0 unspecified atom stereocenters. The molecule has 0 aliphatic carbocycles. The van der Waals surface area contributed by atoms with Gasteiger partial charge in [-0.25, -0.2) is 4.98 Å². The van der Waals surface area contributed by atoms with Crippen LogP contribution in [0.2, 0.25) is 0 Å². The van der Waals surface area contributed by atoms with Gasteiger partial charge in [0, 0.05) is 28.7 Å². The number of hydrogen-bond donors (Lipinski definition) is 2. The van der Waals surface area contributed by atoms with Gasteiger partial charge in [0.2, 0.25) is 0 Å². The molecule has 2 N–H and O–H groups in total. The molecule has 0 spiro atoms. The average Bonchev–Trinajstić information content (AvgIpc) is 3.29. The van der Waals surface area contributed by atoms with Crippen molar-refractivity contribution in [2.24, 2.45) is 5.92 Å². The van der Waals surface area contributed by atoms with Crippen LogP contribution in [0.1, 0.15) is 48.1 Å². The zero-order chi connectivity index (χ0) is 21.5. The van der Waals surface area contributed by atoms with E-state index in [9.17, 15) is 0 Å². The Kier molecular flexibility index (Phi) is 5.35. The zero-order valence-electron chi connectivity index (χ0n) is 19.3. The van der Waals surface area contributed by atoms with E-state index in [1.165, 1.54) is 72.1 Å². The number of rotatable bonds is 5. The third-order valence-corrected chi connectivity index (χ3v) is 7.29. The van der Waals surface area contributed by atoms with Crippen LogP contribution in [-0.4, -0.2) is 27.6 Å². The number of benzene rings is 2. The molecule has 1 fully saturated rings. The van der Waals surface area contributed by atoms with Crippen molar-refractivity contribution in [1.29, 1.82) is 0 Å². The summed E-state index contributed by atoms with van der Waals surface area (Å²) < 4.78 is 2.53. The summed E-state index contributed by atoms with van der Waals surface area (Å²) in [5, 5.41) is 4.83. The Labute approximate surface area is 185 Å². The van der Waals surface area contributed by atoms with E-state index in [2.05, 4.69) is 72.9 Å². The van der Waals surface area contributed by atoms with Crippen LogP contribution in [-0.2, 0) is 6.54 Å². The van der Waals surface area contributed by atoms with Crippen molar-refractivity contribution < 1.29 is 0 Å². The summed E-state index contributed by atoms with van der Waals surface area (Å²) >= 11 is 0. The number of hydrogen-bond acceptors (Lipinski definition) is 2. The first kappa shape index (κ1) is 20.3. The smallest absolute Gasteiger partial charge is 0.138 e. The Hall–Kier alpha value is -2.59. The molecule has 4 nitrogen and oxygen atoms in total. The van der Waals surface area contributed by atoms with E-state index in [0.29, 0.717) is 0 Å². The first-order valence-corrected chi connectivity index (χ1v) is 11.8. The lowest BCUT2D eigenvalue weighted by atomic mass is 9.93. The second kappa shape index (κ2) is 8.16. The molecule has 2 aromatic heterocycles. The number of imidazole rings is 1. The van der Waals surface area contributed by atoms with Crippen LogP contribution in [0.5, 0.6) is 0 Å². The minimum atomic E-state index is 0.899. The van der Waals surface area contributed by atoms with Gasteiger partial charge in [0.05, 0.1) is 11.0 Å². The Balaban J connectivity index is 1.44. The second-order valence-corrected chi connectivity index (χ2v) is 9.49. The van der Waals surface area contributed by atoms with Crippen molar-refractivity contribution in [2.75, 3.05) is 13.1 Å². The van der Waals surface area contributed by atoms with Gasteiger partial charge >= 0.3 is 0 Å². The predicted octanol–water partition coefficient (Wildman–Crippen LogP) is 6.20. The predicted molar refractivity (Wildman–Crippen MR) is 131 cm³/mol. The van der Waals surface area contributed by atoms with Crippen molar-refractivity contribution in [3.8, 4) is 11.4 Å². The standard InChI is InChI=1S/C27H34N4/c1-17-14-18(2)26-24(15-17)29-27(30-26)22-7-8-25-23(16-22)19(3)20(4)31(25)13-5-6-21-9-11-28-12-10-21/h7-8,14-16,21,28H,5-6,9-13H2,1-4H3,(H,29,30). The maximum absolute atomic E-state index is 4.92. The van der Waals surface area contributed by atoms with E-state index in [4.69, 9.17) is 4.98 Å². The van der Waals surface area contributed by atoms with Crippen molar-refractivity contribution in [2.45, 2.75) is 59.9 Å². The summed E-state index contributed by atoms with van der Waals surface area (Å²) in [4.78, 5) is 8.47. The van der Waals surface area contributed by atoms with Gasteiger partial charge in [0.1, 0.15) is 5.82 Å². The summed E-state index contributed by atoms with van der Waals surface area (Å²) in [6.45, 7) is 12.3. The molecule has 162 valence electrons. The minimum Gasteiger partial charge on any atom is -0.345 e. The first-order chi connectivity index (χ1) is 15.0. The van der Waals surface area contributed by atoms with Gasteiger partial charge in [0.25, 0.3) is 0 Å². The minimum absolute atomic E-state index is 0.899. The maximum Gasteiger partial charge on any atom is 0.138 e. The van der Waals surface area contributed by atoms with Crippen LogP contribution >= 0.6 is 0 Å². The molecular formula is C27H34N4. The lowest BCUT2D eigenvalue weighted by Crippen LogP contribution is -2.27. The molecule has 31 heavy (non-hydrogen) atoms. The Morgan fingerprint density at radius 2 is 1.84 bits per heavy atom. The summed E-state index contributed by atoms with van der Waals surface area (Å²) in [7, 11) is 0. The molecule has 0 amide bonds. The number of piperidine rings is 1. The lowest BCUT2D eigenvalue weighted by Gasteiger charge is -2.22. The topological polar surface area (TPSA) is 45.6 Å². The van der Waals surface area contributed by atoms with Gasteiger partial charge in [-0.1, -0.05) is 6.07 Å². The van der Waals surface area contributed by atoms with Crippen LogP contribution in [0.25, 0.3) is 33.3 Å². The highest BCUT2D eigenvalue weighted by atomic mass is 15.0. The highest BCUT2D eigenvalue weighted by Crippen LogP contribution is 2.31. The first-order valence-electron chi connectivity index (χ1n) is 11.8. The fourth-order valence-electron chi connectivity index (χ4n) is 5.40. The fourth-order valence-corrected chi connectivity index (χ4v) is 5.40. The van der Waals surface area contributed by atoms with Crippen LogP contribution in [0.15, 0.2) is 30.3 Å².